The van der Waals surface area contributed by atoms with Gasteiger partial charge in [-0.2, -0.15) is 15.0 Å². The first-order valence-corrected chi connectivity index (χ1v) is 5.99. The molecule has 1 aromatic rings. The maximum atomic E-state index is 5.76. The molecule has 1 fully saturated rings. The maximum Gasteiger partial charge on any atom is 0.231 e. The third-order valence-electron chi connectivity index (χ3n) is 2.98. The zero-order chi connectivity index (χ0) is 12.4. The number of likely N-dealkylation sites (tertiary alicyclic amines) is 1. The van der Waals surface area contributed by atoms with E-state index in [-0.39, 0.29) is 11.2 Å². The summed E-state index contributed by atoms with van der Waals surface area (Å²) in [7, 11) is 4.08. The summed E-state index contributed by atoms with van der Waals surface area (Å²) in [5.41, 5.74) is 5.55. The predicted molar refractivity (Wildman–Crippen MR) is 68.1 cm³/mol. The van der Waals surface area contributed by atoms with Crippen LogP contribution < -0.4 is 10.6 Å². The zero-order valence-corrected chi connectivity index (χ0v) is 10.9. The van der Waals surface area contributed by atoms with Crippen molar-refractivity contribution in [3.8, 4) is 0 Å². The van der Waals surface area contributed by atoms with Crippen molar-refractivity contribution < 1.29 is 0 Å². The molecule has 0 aliphatic carbocycles. The molecule has 0 aromatic carbocycles. The van der Waals surface area contributed by atoms with Crippen LogP contribution in [0.2, 0.25) is 5.28 Å². The molecular formula is C10H17ClN6. The monoisotopic (exact) mass is 256 g/mol. The average molecular weight is 257 g/mol. The fourth-order valence-electron chi connectivity index (χ4n) is 2.17. The summed E-state index contributed by atoms with van der Waals surface area (Å²) in [5, 5.41) is 0.142. The molecule has 1 aliphatic rings. The van der Waals surface area contributed by atoms with Gasteiger partial charge in [0.15, 0.2) is 0 Å². The summed E-state index contributed by atoms with van der Waals surface area (Å²) >= 11 is 5.76. The molecular weight excluding hydrogens is 240 g/mol. The van der Waals surface area contributed by atoms with E-state index in [4.69, 9.17) is 17.3 Å². The smallest absolute Gasteiger partial charge is 0.231 e. The van der Waals surface area contributed by atoms with Gasteiger partial charge < -0.3 is 15.5 Å². The summed E-state index contributed by atoms with van der Waals surface area (Å²) in [4.78, 5) is 16.2. The Hall–Kier alpha value is -1.14. The first kappa shape index (κ1) is 12.3. The van der Waals surface area contributed by atoms with Crippen molar-refractivity contribution in [3.05, 3.63) is 5.28 Å². The quantitative estimate of drug-likeness (QED) is 0.849. The lowest BCUT2D eigenvalue weighted by atomic mass is 10.1. The van der Waals surface area contributed by atoms with Crippen LogP contribution in [0.1, 0.15) is 6.42 Å². The van der Waals surface area contributed by atoms with Crippen molar-refractivity contribution in [1.82, 2.24) is 19.9 Å². The molecule has 2 heterocycles. The number of anilines is 2. The van der Waals surface area contributed by atoms with E-state index in [2.05, 4.69) is 26.9 Å². The second kappa shape index (κ2) is 5.01. The van der Waals surface area contributed by atoms with E-state index in [1.165, 1.54) is 6.42 Å². The molecule has 6 nitrogen and oxygen atoms in total. The molecule has 2 rings (SSSR count). The Morgan fingerprint density at radius 2 is 2.24 bits per heavy atom. The molecule has 7 heteroatoms. The predicted octanol–water partition coefficient (Wildman–Crippen LogP) is 0.495. The Morgan fingerprint density at radius 3 is 2.82 bits per heavy atom. The van der Waals surface area contributed by atoms with Crippen LogP contribution in [0.25, 0.3) is 0 Å². The van der Waals surface area contributed by atoms with Crippen LogP contribution in [0.4, 0.5) is 11.9 Å². The summed E-state index contributed by atoms with van der Waals surface area (Å²) in [6, 6.07) is 0. The van der Waals surface area contributed by atoms with Crippen LogP contribution in [0.3, 0.4) is 0 Å². The Labute approximate surface area is 106 Å². The molecule has 0 radical (unpaired) electrons. The van der Waals surface area contributed by atoms with Crippen molar-refractivity contribution in [2.45, 2.75) is 6.42 Å². The molecule has 1 unspecified atom stereocenters. The minimum Gasteiger partial charge on any atom is -0.368 e. The third kappa shape index (κ3) is 3.17. The van der Waals surface area contributed by atoms with Crippen LogP contribution in [0, 0.1) is 5.92 Å². The number of nitrogens with two attached hydrogens (primary N) is 1. The molecule has 94 valence electrons. The minimum atomic E-state index is 0.142. The number of hydrogen-bond acceptors (Lipinski definition) is 6. The number of halogens is 1. The highest BCUT2D eigenvalue weighted by Crippen LogP contribution is 2.18. The van der Waals surface area contributed by atoms with Gasteiger partial charge in [0.25, 0.3) is 0 Å². The SMILES string of the molecule is CN1CCC(CN(C)c2nc(N)nc(Cl)n2)C1. The van der Waals surface area contributed by atoms with Gasteiger partial charge in [-0.25, -0.2) is 0 Å². The Balaban J connectivity index is 2.01. The lowest BCUT2D eigenvalue weighted by molar-refractivity contribution is 0.395. The molecule has 0 spiro atoms. The second-order valence-corrected chi connectivity index (χ2v) is 4.90. The number of aromatic nitrogens is 3. The summed E-state index contributed by atoms with van der Waals surface area (Å²) < 4.78 is 0. The van der Waals surface area contributed by atoms with Crippen molar-refractivity contribution in [3.63, 3.8) is 0 Å². The number of hydrogen-bond donors (Lipinski definition) is 1. The van der Waals surface area contributed by atoms with Crippen LogP contribution >= 0.6 is 11.6 Å². The minimum absolute atomic E-state index is 0.142. The van der Waals surface area contributed by atoms with Crippen LogP contribution in [0.15, 0.2) is 0 Å². The lowest BCUT2D eigenvalue weighted by Gasteiger charge is -2.21. The van der Waals surface area contributed by atoms with Gasteiger partial charge in [-0.05, 0) is 37.5 Å². The number of nitrogens with zero attached hydrogens (tertiary/aromatic N) is 5. The molecule has 2 N–H and O–H groups in total. The van der Waals surface area contributed by atoms with E-state index in [9.17, 15) is 0 Å². The van der Waals surface area contributed by atoms with Crippen molar-refractivity contribution in [2.75, 3.05) is 44.4 Å². The van der Waals surface area contributed by atoms with E-state index in [0.29, 0.717) is 11.9 Å². The van der Waals surface area contributed by atoms with E-state index in [1.807, 2.05) is 11.9 Å². The number of rotatable bonds is 3. The van der Waals surface area contributed by atoms with Crippen LogP contribution in [-0.2, 0) is 0 Å². The average Bonchev–Trinajstić information content (AvgIpc) is 2.62. The Morgan fingerprint density at radius 1 is 1.47 bits per heavy atom. The van der Waals surface area contributed by atoms with E-state index in [0.717, 1.165) is 19.6 Å². The van der Waals surface area contributed by atoms with E-state index >= 15 is 0 Å². The summed E-state index contributed by atoms with van der Waals surface area (Å²) in [6.07, 6.45) is 1.20. The van der Waals surface area contributed by atoms with Crippen molar-refractivity contribution in [1.29, 1.82) is 0 Å². The van der Waals surface area contributed by atoms with Gasteiger partial charge in [0, 0.05) is 20.1 Å². The molecule has 17 heavy (non-hydrogen) atoms. The third-order valence-corrected chi connectivity index (χ3v) is 3.15. The van der Waals surface area contributed by atoms with Gasteiger partial charge in [0.1, 0.15) is 0 Å². The first-order valence-electron chi connectivity index (χ1n) is 5.61. The van der Waals surface area contributed by atoms with Gasteiger partial charge in [0.05, 0.1) is 0 Å². The van der Waals surface area contributed by atoms with Gasteiger partial charge in [-0.15, -0.1) is 0 Å². The summed E-state index contributed by atoms with van der Waals surface area (Å²) in [5.74, 6) is 1.34. The van der Waals surface area contributed by atoms with E-state index < -0.39 is 0 Å². The van der Waals surface area contributed by atoms with E-state index in [1.54, 1.807) is 0 Å². The zero-order valence-electron chi connectivity index (χ0n) is 10.1. The highest BCUT2D eigenvalue weighted by Gasteiger charge is 2.21. The van der Waals surface area contributed by atoms with Crippen LogP contribution in [-0.4, -0.2) is 53.6 Å². The highest BCUT2D eigenvalue weighted by atomic mass is 35.5. The van der Waals surface area contributed by atoms with Crippen molar-refractivity contribution in [2.24, 2.45) is 5.92 Å². The topological polar surface area (TPSA) is 71.2 Å². The molecule has 0 bridgehead atoms. The lowest BCUT2D eigenvalue weighted by Crippen LogP contribution is -2.29. The normalized spacial score (nSPS) is 20.8. The standard InChI is InChI=1S/C10H17ClN6/c1-16-4-3-7(5-16)6-17(2)10-14-8(11)13-9(12)15-10/h7H,3-6H2,1-2H3,(H2,12,13,14,15). The molecule has 0 amide bonds. The molecule has 1 aromatic heterocycles. The summed E-state index contributed by atoms with van der Waals surface area (Å²) in [6.45, 7) is 3.17. The van der Waals surface area contributed by atoms with Gasteiger partial charge >= 0.3 is 0 Å². The maximum absolute atomic E-state index is 5.76. The van der Waals surface area contributed by atoms with Gasteiger partial charge in [0.2, 0.25) is 17.2 Å². The fourth-order valence-corrected chi connectivity index (χ4v) is 2.33. The van der Waals surface area contributed by atoms with Gasteiger partial charge in [-0.1, -0.05) is 0 Å². The first-order chi connectivity index (χ1) is 8.04. The molecule has 1 saturated heterocycles. The highest BCUT2D eigenvalue weighted by molar-refractivity contribution is 6.28. The second-order valence-electron chi connectivity index (χ2n) is 4.56. The Bertz CT molecular complexity index is 378. The Kier molecular flexibility index (Phi) is 3.63. The number of nitrogen functional groups attached to an aromatic ring is 1. The van der Waals surface area contributed by atoms with Crippen LogP contribution in [0.5, 0.6) is 0 Å². The molecule has 1 aliphatic heterocycles. The van der Waals surface area contributed by atoms with Gasteiger partial charge in [-0.3, -0.25) is 0 Å². The van der Waals surface area contributed by atoms with Crippen molar-refractivity contribution >= 4 is 23.5 Å². The largest absolute Gasteiger partial charge is 0.368 e. The molecule has 1 atom stereocenters. The fraction of sp³-hybridized carbons (Fsp3) is 0.700. The molecule has 0 saturated carbocycles.